The van der Waals surface area contributed by atoms with Crippen LogP contribution in [0.1, 0.15) is 59.4 Å². The van der Waals surface area contributed by atoms with Gasteiger partial charge in [0, 0.05) is 73.7 Å². The second-order valence-corrected chi connectivity index (χ2v) is 12.6. The zero-order chi connectivity index (χ0) is 33.9. The Hall–Kier alpha value is -4.84. The van der Waals surface area contributed by atoms with Crippen molar-refractivity contribution in [1.82, 2.24) is 20.1 Å². The zero-order valence-corrected chi connectivity index (χ0v) is 27.4. The number of hydrogen-bond acceptors (Lipinski definition) is 8. The van der Waals surface area contributed by atoms with Gasteiger partial charge in [0.2, 0.25) is 17.7 Å². The molecule has 0 spiro atoms. The van der Waals surface area contributed by atoms with E-state index in [-0.39, 0.29) is 47.5 Å². The molecule has 3 aliphatic heterocycles. The van der Waals surface area contributed by atoms with Gasteiger partial charge in [-0.3, -0.25) is 29.5 Å². The van der Waals surface area contributed by atoms with Crippen LogP contribution in [0.2, 0.25) is 0 Å². The van der Waals surface area contributed by atoms with Crippen molar-refractivity contribution in [3.05, 3.63) is 80.5 Å². The first-order chi connectivity index (χ1) is 23.2. The third-order valence-corrected chi connectivity index (χ3v) is 9.67. The number of rotatable bonds is 10. The monoisotopic (exact) mass is 657 g/mol. The predicted octanol–water partition coefficient (Wildman–Crippen LogP) is 3.23. The number of piperidine rings is 2. The van der Waals surface area contributed by atoms with Gasteiger partial charge < -0.3 is 24.3 Å². The van der Waals surface area contributed by atoms with Crippen LogP contribution in [-0.4, -0.2) is 67.3 Å². The SMILES string of the molecule is COc1cc(-c2cn(C)c(=O)c3c2C=NC3)cc(OC)c1CNCC(=O)N1CCC(c2ccc(CC3CCC(=O)NC3=O)cc2F)CC1. The molecule has 0 saturated carbocycles. The van der Waals surface area contributed by atoms with E-state index < -0.39 is 0 Å². The van der Waals surface area contributed by atoms with Crippen LogP contribution in [0.15, 0.2) is 46.3 Å². The van der Waals surface area contributed by atoms with Crippen molar-refractivity contribution in [3.8, 4) is 22.6 Å². The lowest BCUT2D eigenvalue weighted by Gasteiger charge is -2.32. The Balaban J connectivity index is 1.04. The molecule has 4 heterocycles. The molecule has 2 N–H and O–H groups in total. The summed E-state index contributed by atoms with van der Waals surface area (Å²) < 4.78 is 28.2. The minimum Gasteiger partial charge on any atom is -0.496 e. The quantitative estimate of drug-likeness (QED) is 0.320. The Bertz CT molecular complexity index is 1820. The van der Waals surface area contributed by atoms with Gasteiger partial charge in [-0.15, -0.1) is 0 Å². The number of nitrogens with zero attached hydrogens (tertiary/aromatic N) is 3. The first-order valence-corrected chi connectivity index (χ1v) is 16.2. The maximum absolute atomic E-state index is 15.2. The number of methoxy groups -OCH3 is 2. The Morgan fingerprint density at radius 3 is 2.46 bits per heavy atom. The van der Waals surface area contributed by atoms with E-state index in [0.717, 1.165) is 27.8 Å². The standard InChI is InChI=1S/C36H40FN5O6/c1-41-20-29(26-16-38-17-27(26)36(41)46)24-14-31(47-2)28(32(15-24)48-3)18-39-19-34(44)42-10-8-22(9-11-42)25-6-4-21(13-30(25)37)12-23-5-7-33(43)40-35(23)45/h4,6,13-16,20,22-23,39H,5,7-12,17-19H2,1-3H3,(H,40,43,45). The Labute approximate surface area is 278 Å². The van der Waals surface area contributed by atoms with Crippen molar-refractivity contribution in [2.24, 2.45) is 18.0 Å². The fourth-order valence-corrected chi connectivity index (χ4v) is 6.98. The Kier molecular flexibility index (Phi) is 9.72. The number of ether oxygens (including phenoxy) is 2. The summed E-state index contributed by atoms with van der Waals surface area (Å²) in [5.74, 6) is -0.0472. The molecule has 3 aliphatic rings. The summed E-state index contributed by atoms with van der Waals surface area (Å²) in [6.07, 6.45) is 5.99. The lowest BCUT2D eigenvalue weighted by Crippen LogP contribution is -2.42. The molecule has 11 nitrogen and oxygen atoms in total. The maximum atomic E-state index is 15.2. The second kappa shape index (κ2) is 14.1. The minimum atomic E-state index is -0.333. The molecule has 0 bridgehead atoms. The predicted molar refractivity (Wildman–Crippen MR) is 178 cm³/mol. The van der Waals surface area contributed by atoms with Gasteiger partial charge in [-0.1, -0.05) is 12.1 Å². The van der Waals surface area contributed by atoms with Crippen LogP contribution in [0.4, 0.5) is 4.39 Å². The molecule has 0 aliphatic carbocycles. The molecule has 12 heteroatoms. The fraction of sp³-hybridized carbons (Fsp3) is 0.417. The molecule has 2 saturated heterocycles. The molecule has 1 atom stereocenters. The molecule has 2 aromatic carbocycles. The van der Waals surface area contributed by atoms with E-state index in [4.69, 9.17) is 9.47 Å². The Morgan fingerprint density at radius 2 is 1.79 bits per heavy atom. The van der Waals surface area contributed by atoms with Crippen LogP contribution in [0.3, 0.4) is 0 Å². The van der Waals surface area contributed by atoms with Crippen molar-refractivity contribution in [2.45, 2.75) is 51.1 Å². The molecule has 1 aromatic heterocycles. The van der Waals surface area contributed by atoms with E-state index in [1.165, 1.54) is 6.07 Å². The van der Waals surface area contributed by atoms with Crippen LogP contribution in [0.5, 0.6) is 11.5 Å². The van der Waals surface area contributed by atoms with Crippen molar-refractivity contribution in [2.75, 3.05) is 33.9 Å². The maximum Gasteiger partial charge on any atom is 0.256 e. The van der Waals surface area contributed by atoms with Crippen LogP contribution in [0.25, 0.3) is 11.1 Å². The number of benzene rings is 2. The first-order valence-electron chi connectivity index (χ1n) is 16.2. The number of likely N-dealkylation sites (tertiary alicyclic amines) is 1. The van der Waals surface area contributed by atoms with Crippen LogP contribution < -0.4 is 25.7 Å². The molecule has 3 aromatic rings. The number of pyridine rings is 1. The number of fused-ring (bicyclic) bond motifs is 1. The van der Waals surface area contributed by atoms with E-state index >= 15 is 4.39 Å². The zero-order valence-electron chi connectivity index (χ0n) is 27.4. The van der Waals surface area contributed by atoms with E-state index in [1.54, 1.807) is 49.2 Å². The van der Waals surface area contributed by atoms with Gasteiger partial charge in [0.25, 0.3) is 5.56 Å². The van der Waals surface area contributed by atoms with Crippen LogP contribution >= 0.6 is 0 Å². The van der Waals surface area contributed by atoms with E-state index in [0.29, 0.717) is 80.9 Å². The molecular weight excluding hydrogens is 617 g/mol. The lowest BCUT2D eigenvalue weighted by atomic mass is 9.86. The number of halogens is 1. The number of nitrogens with one attached hydrogen (secondary N) is 2. The lowest BCUT2D eigenvalue weighted by molar-refractivity contribution is -0.136. The van der Waals surface area contributed by atoms with Crippen molar-refractivity contribution in [1.29, 1.82) is 0 Å². The molecule has 6 rings (SSSR count). The van der Waals surface area contributed by atoms with Crippen molar-refractivity contribution >= 4 is 23.9 Å². The first kappa shape index (κ1) is 33.1. The number of carbonyl (C=O) groups is 3. The summed E-state index contributed by atoms with van der Waals surface area (Å²) >= 11 is 0. The van der Waals surface area contributed by atoms with Crippen molar-refractivity contribution < 1.29 is 28.2 Å². The molecule has 2 fully saturated rings. The number of aryl methyl sites for hydroxylation is 1. The smallest absolute Gasteiger partial charge is 0.256 e. The summed E-state index contributed by atoms with van der Waals surface area (Å²) in [5, 5.41) is 5.60. The highest BCUT2D eigenvalue weighted by Gasteiger charge is 2.29. The normalized spacial score (nSPS) is 17.8. The minimum absolute atomic E-state index is 0.00164. The average Bonchev–Trinajstić information content (AvgIpc) is 3.58. The highest BCUT2D eigenvalue weighted by atomic mass is 19.1. The average molecular weight is 658 g/mol. The molecule has 48 heavy (non-hydrogen) atoms. The number of amides is 3. The van der Waals surface area contributed by atoms with Gasteiger partial charge in [0.15, 0.2) is 0 Å². The summed E-state index contributed by atoms with van der Waals surface area (Å²) in [6.45, 7) is 1.86. The second-order valence-electron chi connectivity index (χ2n) is 12.6. The summed E-state index contributed by atoms with van der Waals surface area (Å²) in [5.41, 5.74) is 5.20. The highest BCUT2D eigenvalue weighted by molar-refractivity contribution is 5.98. The molecule has 0 radical (unpaired) electrons. The van der Waals surface area contributed by atoms with Gasteiger partial charge in [-0.25, -0.2) is 4.39 Å². The summed E-state index contributed by atoms with van der Waals surface area (Å²) in [7, 11) is 4.89. The summed E-state index contributed by atoms with van der Waals surface area (Å²) in [6, 6.07) is 8.96. The molecule has 252 valence electrons. The molecule has 1 unspecified atom stereocenters. The van der Waals surface area contributed by atoms with Crippen molar-refractivity contribution in [3.63, 3.8) is 0 Å². The topological polar surface area (TPSA) is 131 Å². The number of carbonyl (C=O) groups excluding carboxylic acids is 3. The third kappa shape index (κ3) is 6.75. The number of aromatic nitrogens is 1. The van der Waals surface area contributed by atoms with Gasteiger partial charge >= 0.3 is 0 Å². The number of hydrogen-bond donors (Lipinski definition) is 2. The van der Waals surface area contributed by atoms with E-state index in [1.807, 2.05) is 18.2 Å². The van der Waals surface area contributed by atoms with Gasteiger partial charge in [-0.05, 0) is 66.5 Å². The number of aliphatic imine (C=N–C) groups is 1. The molecule has 3 amide bonds. The van der Waals surface area contributed by atoms with Gasteiger partial charge in [0.1, 0.15) is 17.3 Å². The largest absolute Gasteiger partial charge is 0.496 e. The van der Waals surface area contributed by atoms with Crippen LogP contribution in [-0.2, 0) is 40.9 Å². The van der Waals surface area contributed by atoms with Crippen LogP contribution in [0, 0.1) is 11.7 Å². The van der Waals surface area contributed by atoms with E-state index in [2.05, 4.69) is 15.6 Å². The van der Waals surface area contributed by atoms with E-state index in [9.17, 15) is 19.2 Å². The highest BCUT2D eigenvalue weighted by Crippen LogP contribution is 2.37. The third-order valence-electron chi connectivity index (χ3n) is 9.67. The summed E-state index contributed by atoms with van der Waals surface area (Å²) in [4.78, 5) is 55.3. The Morgan fingerprint density at radius 1 is 1.06 bits per heavy atom. The number of imide groups is 1. The van der Waals surface area contributed by atoms with Gasteiger partial charge in [0.05, 0.1) is 27.3 Å². The van der Waals surface area contributed by atoms with Gasteiger partial charge in [-0.2, -0.15) is 0 Å². The fourth-order valence-electron chi connectivity index (χ4n) is 6.98. The molecular formula is C36H40FN5O6.